The Hall–Kier alpha value is -7.88. The number of fused-ring (bicyclic) bond motifs is 3. The number of alkyl carbamates (subject to hydrolysis) is 1. The Labute approximate surface area is 536 Å². The number of likely N-dealkylation sites (N-methyl/N-ethyl adjacent to an activating group) is 1. The number of aromatic nitrogens is 1. The predicted molar refractivity (Wildman–Crippen MR) is 350 cm³/mol. The van der Waals surface area contributed by atoms with Crippen LogP contribution in [0.25, 0.3) is 11.1 Å². The Morgan fingerprint density at radius 1 is 0.678 bits per heavy atom. The molecule has 1 aromatic heterocycles. The summed E-state index contributed by atoms with van der Waals surface area (Å²) in [5.41, 5.74) is 6.25. The van der Waals surface area contributed by atoms with E-state index in [1.54, 1.807) is 35.5 Å². The normalized spacial score (nSPS) is 16.2. The van der Waals surface area contributed by atoms with Crippen LogP contribution in [0.2, 0.25) is 5.02 Å². The monoisotopic (exact) mass is 1240 g/mol. The highest BCUT2D eigenvalue weighted by Gasteiger charge is 2.44. The molecule has 1 saturated heterocycles. The molecule has 9 rings (SSSR count). The third-order valence-electron chi connectivity index (χ3n) is 18.0. The van der Waals surface area contributed by atoms with Gasteiger partial charge in [-0.2, -0.15) is 0 Å². The number of rotatable bonds is 28. The van der Waals surface area contributed by atoms with Crippen LogP contribution in [-0.4, -0.2) is 115 Å². The SMILES string of the molecule is CCCC[C@H](NC(=O)OCC1c2ccccc2-c2ccccc21)C(=O)N(C)[C@@H](Cc1cccnc1)C(=O)N[C@@H](COCCC(C)C)C(=O)N[C@@H](CC(=O)OC(c1ccccc1)(c1ccc(CC2CCCCCC2)cc1)c1ccccc1Cl)C(=O)N1CCCCC1. The lowest BCUT2D eigenvalue weighted by Crippen LogP contribution is -2.60. The Balaban J connectivity index is 0.981. The average Bonchev–Trinajstić information content (AvgIpc) is 0.840. The van der Waals surface area contributed by atoms with E-state index in [0.29, 0.717) is 59.1 Å². The van der Waals surface area contributed by atoms with Crippen LogP contribution < -0.4 is 16.0 Å². The van der Waals surface area contributed by atoms with Gasteiger partial charge in [0.1, 0.15) is 30.8 Å². The minimum Gasteiger partial charge on any atom is -0.449 e. The van der Waals surface area contributed by atoms with Crippen LogP contribution >= 0.6 is 11.6 Å². The summed E-state index contributed by atoms with van der Waals surface area (Å²) >= 11 is 7.16. The number of nitrogens with one attached hydrogen (secondary N) is 3. The van der Waals surface area contributed by atoms with E-state index in [0.717, 1.165) is 54.4 Å². The molecule has 0 bridgehead atoms. The third-order valence-corrected chi connectivity index (χ3v) is 18.3. The molecule has 3 aliphatic rings. The molecule has 5 amide bonds. The molecule has 2 fully saturated rings. The van der Waals surface area contributed by atoms with Crippen molar-refractivity contribution in [2.24, 2.45) is 11.8 Å². The maximum absolute atomic E-state index is 15.3. The van der Waals surface area contributed by atoms with Gasteiger partial charge in [-0.05, 0) is 95.9 Å². The van der Waals surface area contributed by atoms with Crippen molar-refractivity contribution in [2.45, 2.75) is 159 Å². The van der Waals surface area contributed by atoms with Gasteiger partial charge in [0.2, 0.25) is 23.6 Å². The molecule has 0 radical (unpaired) electrons. The van der Waals surface area contributed by atoms with E-state index in [2.05, 4.69) is 45.2 Å². The van der Waals surface area contributed by atoms with E-state index in [1.807, 2.05) is 118 Å². The third kappa shape index (κ3) is 17.1. The average molecular weight is 1240 g/mol. The lowest BCUT2D eigenvalue weighted by molar-refractivity contribution is -0.156. The summed E-state index contributed by atoms with van der Waals surface area (Å²) in [6.07, 6.45) is 14.8. The van der Waals surface area contributed by atoms with Crippen molar-refractivity contribution in [3.8, 4) is 11.1 Å². The van der Waals surface area contributed by atoms with Crippen LogP contribution in [0, 0.1) is 11.8 Å². The van der Waals surface area contributed by atoms with Gasteiger partial charge in [-0.15, -0.1) is 0 Å². The second kappa shape index (κ2) is 32.7. The van der Waals surface area contributed by atoms with Gasteiger partial charge in [0.05, 0.1) is 13.0 Å². The number of nitrogens with zero attached hydrogens (tertiary/aromatic N) is 3. The molecule has 3 N–H and O–H groups in total. The lowest BCUT2D eigenvalue weighted by atomic mass is 9.79. The van der Waals surface area contributed by atoms with Gasteiger partial charge in [-0.25, -0.2) is 4.79 Å². The van der Waals surface area contributed by atoms with Gasteiger partial charge < -0.3 is 40.0 Å². The first-order chi connectivity index (χ1) is 43.7. The number of ether oxygens (including phenoxy) is 3. The lowest BCUT2D eigenvalue weighted by Gasteiger charge is -2.37. The maximum atomic E-state index is 15.3. The first kappa shape index (κ1) is 66.5. The van der Waals surface area contributed by atoms with Gasteiger partial charge in [0.25, 0.3) is 0 Å². The molecule has 2 aliphatic carbocycles. The zero-order valence-corrected chi connectivity index (χ0v) is 53.5. The second-order valence-electron chi connectivity index (χ2n) is 24.9. The maximum Gasteiger partial charge on any atom is 0.407 e. The van der Waals surface area contributed by atoms with Crippen LogP contribution in [0.15, 0.2) is 152 Å². The fraction of sp³-hybridized carbons (Fsp3) is 0.446. The molecule has 5 atom stereocenters. The van der Waals surface area contributed by atoms with Crippen LogP contribution in [0.3, 0.4) is 0 Å². The number of benzene rings is 5. The highest BCUT2D eigenvalue weighted by atomic mass is 35.5. The first-order valence-corrected chi connectivity index (χ1v) is 33.0. The van der Waals surface area contributed by atoms with Crippen molar-refractivity contribution in [1.82, 2.24) is 30.7 Å². The Morgan fingerprint density at radius 2 is 1.31 bits per heavy atom. The number of hydrogen-bond donors (Lipinski definition) is 3. The van der Waals surface area contributed by atoms with E-state index in [9.17, 15) is 14.4 Å². The summed E-state index contributed by atoms with van der Waals surface area (Å²) in [5.74, 6) is -2.66. The number of unbranched alkanes of at least 4 members (excludes halogenated alkanes) is 1. The number of hydrogen-bond acceptors (Lipinski definition) is 10. The minimum atomic E-state index is -1.60. The molecule has 6 aromatic rings. The zero-order valence-electron chi connectivity index (χ0n) is 52.7. The number of carbonyl (C=O) groups is 6. The standard InChI is InChI=1S/C74H89ClN6O9/c1-5-6-35-64(79-73(87)89-49-61-59-31-17-15-29-57(59)58-30-16-18-32-60(58)61)71(85)80(4)67(46-54-26-23-41-76-48-54)70(84)78-66(50-88-44-40-51(2)3)69(83)77-65(72(86)81-42-21-10-22-43-81)47-68(82)90-74(55-27-13-9-14-28-55,62-33-19-20-34-63(62)75)56-38-36-53(37-39-56)45-52-24-11-7-8-12-25-52/h9,13-20,23,26-34,36-39,41,48,51-52,61,64-67H,5-8,10-12,21-22,24-25,35,40,42-47,49-50H2,1-4H3,(H,77,83)(H,78,84)(H,79,87)/t64-,65-,66-,67-,74?/m0/s1. The van der Waals surface area contributed by atoms with Crippen LogP contribution in [-0.2, 0) is 56.6 Å². The quantitative estimate of drug-likeness (QED) is 0.0185. The number of carbonyl (C=O) groups excluding carboxylic acids is 6. The van der Waals surface area contributed by atoms with Gasteiger partial charge >= 0.3 is 12.1 Å². The number of amides is 5. The first-order valence-electron chi connectivity index (χ1n) is 32.6. The molecular weight excluding hydrogens is 1150 g/mol. The van der Waals surface area contributed by atoms with Crippen molar-refractivity contribution in [3.05, 3.63) is 196 Å². The fourth-order valence-electron chi connectivity index (χ4n) is 13.0. The van der Waals surface area contributed by atoms with E-state index in [-0.39, 0.29) is 44.5 Å². The molecule has 2 heterocycles. The van der Waals surface area contributed by atoms with Crippen molar-refractivity contribution in [2.75, 3.05) is 40.0 Å². The summed E-state index contributed by atoms with van der Waals surface area (Å²) in [7, 11) is 1.50. The molecule has 476 valence electrons. The van der Waals surface area contributed by atoms with Crippen molar-refractivity contribution in [1.29, 1.82) is 0 Å². The highest BCUT2D eigenvalue weighted by molar-refractivity contribution is 6.31. The Kier molecular flexibility index (Phi) is 24.2. The number of halogens is 1. The largest absolute Gasteiger partial charge is 0.449 e. The van der Waals surface area contributed by atoms with Crippen molar-refractivity contribution in [3.63, 3.8) is 0 Å². The number of likely N-dealkylation sites (tertiary alicyclic amines) is 1. The van der Waals surface area contributed by atoms with Gasteiger partial charge in [0, 0.05) is 73.2 Å². The Morgan fingerprint density at radius 3 is 1.97 bits per heavy atom. The minimum absolute atomic E-state index is 0.0182. The Bertz CT molecular complexity index is 3290. The summed E-state index contributed by atoms with van der Waals surface area (Å²) in [4.78, 5) is 96.7. The predicted octanol–water partition coefficient (Wildman–Crippen LogP) is 12.7. The van der Waals surface area contributed by atoms with Gasteiger partial charge in [0.15, 0.2) is 5.60 Å². The van der Waals surface area contributed by atoms with Gasteiger partial charge in [-0.3, -0.25) is 29.0 Å². The topological polar surface area (TPSA) is 186 Å². The molecule has 90 heavy (non-hydrogen) atoms. The molecule has 5 aromatic carbocycles. The molecule has 1 aliphatic heterocycles. The summed E-state index contributed by atoms with van der Waals surface area (Å²) in [5, 5.41) is 9.02. The molecular formula is C74H89ClN6O9. The summed E-state index contributed by atoms with van der Waals surface area (Å²) in [6, 6.07) is 39.3. The summed E-state index contributed by atoms with van der Waals surface area (Å²) < 4.78 is 19.0. The molecule has 0 spiro atoms. The van der Waals surface area contributed by atoms with E-state index >= 15 is 14.4 Å². The van der Waals surface area contributed by atoms with E-state index < -0.39 is 71.9 Å². The highest BCUT2D eigenvalue weighted by Crippen LogP contribution is 2.46. The van der Waals surface area contributed by atoms with Crippen molar-refractivity contribution < 1.29 is 43.0 Å². The fourth-order valence-corrected chi connectivity index (χ4v) is 13.3. The molecule has 1 saturated carbocycles. The molecule has 15 nitrogen and oxygen atoms in total. The zero-order chi connectivity index (χ0) is 63.4. The van der Waals surface area contributed by atoms with E-state index in [4.69, 9.17) is 25.8 Å². The van der Waals surface area contributed by atoms with Crippen LogP contribution in [0.1, 0.15) is 156 Å². The molecule has 16 heteroatoms. The van der Waals surface area contributed by atoms with Crippen LogP contribution in [0.4, 0.5) is 4.79 Å². The number of esters is 1. The molecule has 1 unspecified atom stereocenters. The second-order valence-corrected chi connectivity index (χ2v) is 25.3. The van der Waals surface area contributed by atoms with Gasteiger partial charge in [-0.1, -0.05) is 211 Å². The number of pyridine rings is 1. The van der Waals surface area contributed by atoms with E-state index in [1.165, 1.54) is 56.0 Å². The summed E-state index contributed by atoms with van der Waals surface area (Å²) in [6.45, 7) is 6.90. The smallest absolute Gasteiger partial charge is 0.407 e. The number of piperidine rings is 1. The van der Waals surface area contributed by atoms with Crippen LogP contribution in [0.5, 0.6) is 0 Å². The van der Waals surface area contributed by atoms with Crippen molar-refractivity contribution >= 4 is 47.3 Å².